The fraction of sp³-hybridized carbons (Fsp3) is 0.118. The monoisotopic (exact) mass is 318 g/mol. The van der Waals surface area contributed by atoms with Crippen LogP contribution in [-0.4, -0.2) is 14.2 Å². The molecule has 1 heterocycles. The predicted octanol–water partition coefficient (Wildman–Crippen LogP) is 3.76. The Morgan fingerprint density at radius 2 is 1.78 bits per heavy atom. The van der Waals surface area contributed by atoms with E-state index in [1.807, 2.05) is 0 Å². The van der Waals surface area contributed by atoms with Gasteiger partial charge >= 0.3 is 0 Å². The molecule has 0 atom stereocenters. The molecule has 0 aliphatic carbocycles. The van der Waals surface area contributed by atoms with Crippen LogP contribution in [0.2, 0.25) is 0 Å². The molecule has 0 spiro atoms. The van der Waals surface area contributed by atoms with Crippen molar-refractivity contribution in [1.82, 2.24) is 0 Å². The van der Waals surface area contributed by atoms with Crippen molar-refractivity contribution in [2.45, 2.75) is 0 Å². The highest BCUT2D eigenvalue weighted by atomic mass is 19.1. The van der Waals surface area contributed by atoms with Gasteiger partial charge in [0.1, 0.15) is 11.3 Å². The van der Waals surface area contributed by atoms with E-state index in [1.54, 1.807) is 6.07 Å². The molecule has 4 nitrogen and oxygen atoms in total. The van der Waals surface area contributed by atoms with Gasteiger partial charge in [-0.15, -0.1) is 0 Å². The lowest BCUT2D eigenvalue weighted by Crippen LogP contribution is -2.08. The predicted molar refractivity (Wildman–Crippen MR) is 80.9 cm³/mol. The molecule has 2 aromatic carbocycles. The van der Waals surface area contributed by atoms with Crippen LogP contribution < -0.4 is 14.9 Å². The second kappa shape index (κ2) is 5.72. The van der Waals surface area contributed by atoms with Crippen molar-refractivity contribution in [3.05, 3.63) is 58.3 Å². The molecule has 3 aromatic rings. The molecule has 0 saturated carbocycles. The summed E-state index contributed by atoms with van der Waals surface area (Å²) in [6.45, 7) is 0. The molecule has 1 aromatic heterocycles. The van der Waals surface area contributed by atoms with Gasteiger partial charge in [0.25, 0.3) is 0 Å². The largest absolute Gasteiger partial charge is 0.497 e. The van der Waals surface area contributed by atoms with Crippen LogP contribution >= 0.6 is 0 Å². The molecule has 23 heavy (non-hydrogen) atoms. The SMILES string of the molecule is COc1ccc2oc(-c3ccc(OC)c(F)c3)c(F)c(=O)c2c1. The summed E-state index contributed by atoms with van der Waals surface area (Å²) in [5.74, 6) is -1.67. The molecule has 0 N–H and O–H groups in total. The van der Waals surface area contributed by atoms with Gasteiger partial charge in [-0.25, -0.2) is 4.39 Å². The zero-order valence-corrected chi connectivity index (χ0v) is 12.4. The molecule has 0 aliphatic rings. The summed E-state index contributed by atoms with van der Waals surface area (Å²) < 4.78 is 43.4. The first kappa shape index (κ1) is 15.0. The van der Waals surface area contributed by atoms with Gasteiger partial charge in [0.05, 0.1) is 19.6 Å². The maximum Gasteiger partial charge on any atom is 0.229 e. The first-order valence-corrected chi connectivity index (χ1v) is 6.69. The van der Waals surface area contributed by atoms with E-state index in [0.29, 0.717) is 5.75 Å². The van der Waals surface area contributed by atoms with Gasteiger partial charge in [0, 0.05) is 5.56 Å². The minimum atomic E-state index is -1.09. The Morgan fingerprint density at radius 1 is 1.00 bits per heavy atom. The molecule has 0 amide bonds. The van der Waals surface area contributed by atoms with E-state index in [4.69, 9.17) is 13.9 Å². The van der Waals surface area contributed by atoms with E-state index in [-0.39, 0.29) is 28.0 Å². The van der Waals surface area contributed by atoms with Crippen LogP contribution in [0, 0.1) is 11.6 Å². The first-order chi connectivity index (χ1) is 11.0. The average molecular weight is 318 g/mol. The van der Waals surface area contributed by atoms with E-state index in [2.05, 4.69) is 0 Å². The van der Waals surface area contributed by atoms with Gasteiger partial charge in [0.2, 0.25) is 11.2 Å². The van der Waals surface area contributed by atoms with Crippen molar-refractivity contribution in [3.8, 4) is 22.8 Å². The van der Waals surface area contributed by atoms with Crippen molar-refractivity contribution >= 4 is 11.0 Å². The summed E-state index contributed by atoms with van der Waals surface area (Å²) in [5, 5.41) is 0.0552. The van der Waals surface area contributed by atoms with Gasteiger partial charge < -0.3 is 13.9 Å². The second-order valence-corrected chi connectivity index (χ2v) is 4.79. The molecule has 0 radical (unpaired) electrons. The minimum absolute atomic E-state index is 0.0158. The van der Waals surface area contributed by atoms with Gasteiger partial charge in [-0.3, -0.25) is 4.79 Å². The highest BCUT2D eigenvalue weighted by Crippen LogP contribution is 2.29. The standard InChI is InChI=1S/C17H12F2O4/c1-21-10-4-6-13-11(8-10)16(20)15(19)17(23-13)9-3-5-14(22-2)12(18)7-9/h3-8H,1-2H3. The molecule has 6 heteroatoms. The number of benzene rings is 2. The Morgan fingerprint density at radius 3 is 2.43 bits per heavy atom. The van der Waals surface area contributed by atoms with Crippen LogP contribution in [0.25, 0.3) is 22.3 Å². The first-order valence-electron chi connectivity index (χ1n) is 6.69. The fourth-order valence-corrected chi connectivity index (χ4v) is 2.27. The highest BCUT2D eigenvalue weighted by molar-refractivity contribution is 5.80. The number of methoxy groups -OCH3 is 2. The van der Waals surface area contributed by atoms with Crippen molar-refractivity contribution in [2.75, 3.05) is 14.2 Å². The molecule has 0 unspecified atom stereocenters. The lowest BCUT2D eigenvalue weighted by Gasteiger charge is -2.08. The van der Waals surface area contributed by atoms with E-state index in [1.165, 1.54) is 38.5 Å². The maximum atomic E-state index is 14.4. The third-order valence-electron chi connectivity index (χ3n) is 3.46. The Balaban J connectivity index is 2.24. The topological polar surface area (TPSA) is 48.7 Å². The molecular weight excluding hydrogens is 306 g/mol. The number of hydrogen-bond acceptors (Lipinski definition) is 4. The van der Waals surface area contributed by atoms with E-state index < -0.39 is 17.1 Å². The maximum absolute atomic E-state index is 14.4. The smallest absolute Gasteiger partial charge is 0.229 e. The van der Waals surface area contributed by atoms with Crippen LogP contribution in [0.15, 0.2) is 45.6 Å². The molecule has 0 saturated heterocycles. The molecule has 0 bridgehead atoms. The van der Waals surface area contributed by atoms with Crippen LogP contribution in [0.4, 0.5) is 8.78 Å². The Kier molecular flexibility index (Phi) is 3.73. The number of rotatable bonds is 3. The minimum Gasteiger partial charge on any atom is -0.497 e. The molecule has 0 fully saturated rings. The number of hydrogen-bond donors (Lipinski definition) is 0. The molecule has 0 aliphatic heterocycles. The van der Waals surface area contributed by atoms with Crippen LogP contribution in [0.1, 0.15) is 0 Å². The van der Waals surface area contributed by atoms with E-state index in [0.717, 1.165) is 6.07 Å². The van der Waals surface area contributed by atoms with Crippen LogP contribution in [0.5, 0.6) is 11.5 Å². The van der Waals surface area contributed by atoms with Gasteiger partial charge in [-0.2, -0.15) is 4.39 Å². The van der Waals surface area contributed by atoms with Crippen molar-refractivity contribution < 1.29 is 22.7 Å². The van der Waals surface area contributed by atoms with Crippen LogP contribution in [-0.2, 0) is 0 Å². The lowest BCUT2D eigenvalue weighted by molar-refractivity contribution is 0.386. The van der Waals surface area contributed by atoms with Gasteiger partial charge in [-0.1, -0.05) is 0 Å². The zero-order valence-electron chi connectivity index (χ0n) is 12.4. The second-order valence-electron chi connectivity index (χ2n) is 4.79. The number of ether oxygens (including phenoxy) is 2. The summed E-state index contributed by atoms with van der Waals surface area (Å²) in [7, 11) is 2.76. The summed E-state index contributed by atoms with van der Waals surface area (Å²) in [6.07, 6.45) is 0. The quantitative estimate of drug-likeness (QED) is 0.738. The average Bonchev–Trinajstić information content (AvgIpc) is 2.57. The van der Waals surface area contributed by atoms with E-state index in [9.17, 15) is 13.6 Å². The number of fused-ring (bicyclic) bond motifs is 1. The highest BCUT2D eigenvalue weighted by Gasteiger charge is 2.18. The van der Waals surface area contributed by atoms with Gasteiger partial charge in [0.15, 0.2) is 17.3 Å². The third kappa shape index (κ3) is 2.52. The Bertz CT molecular complexity index is 947. The Hall–Kier alpha value is -2.89. The lowest BCUT2D eigenvalue weighted by atomic mass is 10.1. The van der Waals surface area contributed by atoms with Gasteiger partial charge in [-0.05, 0) is 36.4 Å². The summed E-state index contributed by atoms with van der Waals surface area (Å²) in [6, 6.07) is 8.28. The Labute approximate surface area is 129 Å². The van der Waals surface area contributed by atoms with Crippen molar-refractivity contribution in [2.24, 2.45) is 0 Å². The number of halogens is 2. The van der Waals surface area contributed by atoms with E-state index >= 15 is 0 Å². The zero-order chi connectivity index (χ0) is 16.6. The fourth-order valence-electron chi connectivity index (χ4n) is 2.27. The molecular formula is C17H12F2O4. The van der Waals surface area contributed by atoms with Crippen LogP contribution in [0.3, 0.4) is 0 Å². The molecule has 3 rings (SSSR count). The summed E-state index contributed by atoms with van der Waals surface area (Å²) in [4.78, 5) is 12.2. The normalized spacial score (nSPS) is 10.8. The third-order valence-corrected chi connectivity index (χ3v) is 3.46. The summed E-state index contributed by atoms with van der Waals surface area (Å²) >= 11 is 0. The molecule has 118 valence electrons. The van der Waals surface area contributed by atoms with Crippen molar-refractivity contribution in [1.29, 1.82) is 0 Å². The van der Waals surface area contributed by atoms with Crippen molar-refractivity contribution in [3.63, 3.8) is 0 Å². The summed E-state index contributed by atoms with van der Waals surface area (Å²) in [5.41, 5.74) is -0.546.